The van der Waals surface area contributed by atoms with Crippen molar-refractivity contribution in [2.75, 3.05) is 0 Å². The summed E-state index contributed by atoms with van der Waals surface area (Å²) in [4.78, 5) is 4.43. The number of nitrogens with zero attached hydrogens (tertiary/aromatic N) is 1. The van der Waals surface area contributed by atoms with Gasteiger partial charge in [0.25, 0.3) is 0 Å². The molecule has 0 bridgehead atoms. The predicted octanol–water partition coefficient (Wildman–Crippen LogP) is 3.08. The van der Waals surface area contributed by atoms with Crippen LogP contribution in [0.2, 0.25) is 0 Å². The molecule has 88 valence electrons. The molecular weight excluding hydrogens is 208 g/mol. The van der Waals surface area contributed by atoms with Crippen LogP contribution in [0.1, 0.15) is 31.2 Å². The second kappa shape index (κ2) is 4.11. The number of pyridine rings is 1. The second-order valence-electron chi connectivity index (χ2n) is 5.16. The van der Waals surface area contributed by atoms with E-state index in [4.69, 9.17) is 5.73 Å². The summed E-state index contributed by atoms with van der Waals surface area (Å²) in [6, 6.07) is 11.1. The number of rotatable bonds is 1. The van der Waals surface area contributed by atoms with E-state index >= 15 is 0 Å². The van der Waals surface area contributed by atoms with Gasteiger partial charge in [0.2, 0.25) is 0 Å². The summed E-state index contributed by atoms with van der Waals surface area (Å²) >= 11 is 0. The van der Waals surface area contributed by atoms with Gasteiger partial charge in [-0.05, 0) is 42.4 Å². The quantitative estimate of drug-likeness (QED) is 0.811. The molecule has 3 atom stereocenters. The zero-order valence-electron chi connectivity index (χ0n) is 10.1. The fraction of sp³-hybridized carbons (Fsp3) is 0.400. The summed E-state index contributed by atoms with van der Waals surface area (Å²) in [5.41, 5.74) is 8.60. The third kappa shape index (κ3) is 1.83. The first-order valence-electron chi connectivity index (χ1n) is 6.36. The van der Waals surface area contributed by atoms with Gasteiger partial charge >= 0.3 is 0 Å². The zero-order chi connectivity index (χ0) is 11.8. The van der Waals surface area contributed by atoms with Crippen LogP contribution in [-0.4, -0.2) is 11.0 Å². The van der Waals surface area contributed by atoms with Crippen molar-refractivity contribution in [2.45, 2.75) is 31.7 Å². The molecule has 0 saturated heterocycles. The van der Waals surface area contributed by atoms with Gasteiger partial charge in [0, 0.05) is 17.6 Å². The number of benzene rings is 1. The molecule has 1 saturated carbocycles. The number of hydrogen-bond acceptors (Lipinski definition) is 2. The molecule has 1 heterocycles. The smallest absolute Gasteiger partial charge is 0.0704 e. The van der Waals surface area contributed by atoms with E-state index in [0.717, 1.165) is 11.9 Å². The Morgan fingerprint density at radius 3 is 2.88 bits per heavy atom. The minimum Gasteiger partial charge on any atom is -0.327 e. The lowest BCUT2D eigenvalue weighted by Crippen LogP contribution is -2.24. The number of aromatic nitrogens is 1. The van der Waals surface area contributed by atoms with Crippen molar-refractivity contribution >= 4 is 10.9 Å². The average Bonchev–Trinajstić information content (AvgIpc) is 2.70. The van der Waals surface area contributed by atoms with Gasteiger partial charge in [0.1, 0.15) is 0 Å². The first kappa shape index (κ1) is 10.7. The summed E-state index contributed by atoms with van der Waals surface area (Å²) in [6.07, 6.45) is 4.21. The Hall–Kier alpha value is -1.41. The number of fused-ring (bicyclic) bond motifs is 1. The maximum atomic E-state index is 6.10. The first-order chi connectivity index (χ1) is 8.25. The topological polar surface area (TPSA) is 38.9 Å². The molecule has 17 heavy (non-hydrogen) atoms. The number of nitrogens with two attached hydrogens (primary N) is 1. The molecule has 3 unspecified atom stereocenters. The fourth-order valence-electron chi connectivity index (χ4n) is 2.98. The highest BCUT2D eigenvalue weighted by atomic mass is 14.7. The average molecular weight is 226 g/mol. The summed E-state index contributed by atoms with van der Waals surface area (Å²) < 4.78 is 0. The van der Waals surface area contributed by atoms with Crippen molar-refractivity contribution in [1.29, 1.82) is 0 Å². The Labute approximate surface area is 102 Å². The van der Waals surface area contributed by atoms with Gasteiger partial charge in [-0.1, -0.05) is 25.1 Å². The van der Waals surface area contributed by atoms with Crippen molar-refractivity contribution in [3.63, 3.8) is 0 Å². The lowest BCUT2D eigenvalue weighted by atomic mass is 9.88. The van der Waals surface area contributed by atoms with Gasteiger partial charge in [-0.3, -0.25) is 4.98 Å². The van der Waals surface area contributed by atoms with E-state index in [1.54, 1.807) is 0 Å². The van der Waals surface area contributed by atoms with Crippen LogP contribution in [0, 0.1) is 5.92 Å². The van der Waals surface area contributed by atoms with Gasteiger partial charge in [-0.25, -0.2) is 0 Å². The summed E-state index contributed by atoms with van der Waals surface area (Å²) in [5, 5.41) is 1.21. The zero-order valence-corrected chi connectivity index (χ0v) is 10.1. The molecule has 0 amide bonds. The largest absolute Gasteiger partial charge is 0.327 e. The molecule has 1 aromatic carbocycles. The van der Waals surface area contributed by atoms with Gasteiger partial charge in [-0.2, -0.15) is 0 Å². The molecule has 0 radical (unpaired) electrons. The van der Waals surface area contributed by atoms with E-state index in [1.165, 1.54) is 17.4 Å². The van der Waals surface area contributed by atoms with Crippen molar-refractivity contribution in [2.24, 2.45) is 11.7 Å². The lowest BCUT2D eigenvalue weighted by molar-refractivity contribution is 0.479. The van der Waals surface area contributed by atoms with Gasteiger partial charge in [0.15, 0.2) is 0 Å². The Balaban J connectivity index is 2.01. The maximum absolute atomic E-state index is 6.10. The highest BCUT2D eigenvalue weighted by Gasteiger charge is 2.31. The van der Waals surface area contributed by atoms with Crippen LogP contribution in [0.3, 0.4) is 0 Å². The minimum atomic E-state index is 0.361. The summed E-state index contributed by atoms with van der Waals surface area (Å²) in [7, 11) is 0. The molecule has 0 spiro atoms. The first-order valence-corrected chi connectivity index (χ1v) is 6.36. The highest BCUT2D eigenvalue weighted by Crippen LogP contribution is 2.39. The third-order valence-corrected chi connectivity index (χ3v) is 4.18. The monoisotopic (exact) mass is 226 g/mol. The third-order valence-electron chi connectivity index (χ3n) is 4.18. The van der Waals surface area contributed by atoms with Crippen LogP contribution >= 0.6 is 0 Å². The summed E-state index contributed by atoms with van der Waals surface area (Å²) in [6.45, 7) is 2.27. The standard InChI is InChI=1S/C15H18N2/c1-10-13(6-7-14(10)16)12-5-4-11-3-2-8-17-15(11)9-12/h2-5,8-10,13-14H,6-7,16H2,1H3. The van der Waals surface area contributed by atoms with E-state index in [-0.39, 0.29) is 0 Å². The van der Waals surface area contributed by atoms with Gasteiger partial charge in [0.05, 0.1) is 5.52 Å². The predicted molar refractivity (Wildman–Crippen MR) is 70.9 cm³/mol. The van der Waals surface area contributed by atoms with Crippen molar-refractivity contribution in [3.8, 4) is 0 Å². The number of hydrogen-bond donors (Lipinski definition) is 1. The van der Waals surface area contributed by atoms with Crippen molar-refractivity contribution in [3.05, 3.63) is 42.1 Å². The van der Waals surface area contributed by atoms with Crippen LogP contribution < -0.4 is 5.73 Å². The molecule has 2 nitrogen and oxygen atoms in total. The lowest BCUT2D eigenvalue weighted by Gasteiger charge is -2.18. The molecule has 3 rings (SSSR count). The van der Waals surface area contributed by atoms with Crippen LogP contribution in [0.25, 0.3) is 10.9 Å². The van der Waals surface area contributed by atoms with Crippen LogP contribution in [-0.2, 0) is 0 Å². The Bertz CT molecular complexity index is 535. The van der Waals surface area contributed by atoms with Crippen LogP contribution in [0.15, 0.2) is 36.5 Å². The van der Waals surface area contributed by atoms with Gasteiger partial charge < -0.3 is 5.73 Å². The normalized spacial score (nSPS) is 28.7. The van der Waals surface area contributed by atoms with E-state index in [9.17, 15) is 0 Å². The molecule has 2 aromatic rings. The van der Waals surface area contributed by atoms with E-state index in [1.807, 2.05) is 12.3 Å². The second-order valence-corrected chi connectivity index (χ2v) is 5.16. The van der Waals surface area contributed by atoms with Crippen molar-refractivity contribution in [1.82, 2.24) is 4.98 Å². The molecule has 2 N–H and O–H groups in total. The maximum Gasteiger partial charge on any atom is 0.0704 e. The molecule has 1 aromatic heterocycles. The van der Waals surface area contributed by atoms with E-state index in [0.29, 0.717) is 17.9 Å². The SMILES string of the molecule is CC1C(N)CCC1c1ccc2cccnc2c1. The van der Waals surface area contributed by atoms with Gasteiger partial charge in [-0.15, -0.1) is 0 Å². The fourth-order valence-corrected chi connectivity index (χ4v) is 2.98. The van der Waals surface area contributed by atoms with E-state index in [2.05, 4.69) is 36.2 Å². The Morgan fingerprint density at radius 2 is 2.12 bits per heavy atom. The van der Waals surface area contributed by atoms with Crippen LogP contribution in [0.4, 0.5) is 0 Å². The molecular formula is C15H18N2. The summed E-state index contributed by atoms with van der Waals surface area (Å²) in [5.74, 6) is 1.19. The molecule has 1 aliphatic rings. The van der Waals surface area contributed by atoms with Crippen LogP contribution in [0.5, 0.6) is 0 Å². The minimum absolute atomic E-state index is 0.361. The highest BCUT2D eigenvalue weighted by molar-refractivity contribution is 5.79. The molecule has 1 fully saturated rings. The molecule has 2 heteroatoms. The molecule has 1 aliphatic carbocycles. The molecule has 0 aliphatic heterocycles. The Kier molecular flexibility index (Phi) is 2.60. The van der Waals surface area contributed by atoms with E-state index < -0.39 is 0 Å². The Morgan fingerprint density at radius 1 is 1.24 bits per heavy atom. The van der Waals surface area contributed by atoms with Crippen molar-refractivity contribution < 1.29 is 0 Å².